The molecule has 0 aromatic heterocycles. The summed E-state index contributed by atoms with van der Waals surface area (Å²) in [5.41, 5.74) is 1.25. The lowest BCUT2D eigenvalue weighted by molar-refractivity contribution is 0.113. The summed E-state index contributed by atoms with van der Waals surface area (Å²) in [7, 11) is 1.70. The molecule has 1 aromatic carbocycles. The topological polar surface area (TPSA) is 33.7 Å². The molecule has 1 aliphatic heterocycles. The fourth-order valence-corrected chi connectivity index (χ4v) is 3.85. The lowest BCUT2D eigenvalue weighted by atomic mass is 9.94. The molecule has 1 heterocycles. The summed E-state index contributed by atoms with van der Waals surface area (Å²) in [6.45, 7) is 3.50. The molecule has 0 unspecified atom stereocenters. The van der Waals surface area contributed by atoms with Crippen LogP contribution in [0.4, 0.5) is 0 Å². The highest BCUT2D eigenvalue weighted by atomic mass is 32.1. The second-order valence-corrected chi connectivity index (χ2v) is 7.59. The van der Waals surface area contributed by atoms with Crippen molar-refractivity contribution in [1.29, 1.82) is 0 Å². The molecule has 1 saturated heterocycles. The first-order chi connectivity index (χ1) is 12.7. The molecule has 142 valence electrons. The molecule has 1 aromatic rings. The number of hydrogen-bond acceptors (Lipinski definition) is 3. The average Bonchev–Trinajstić information content (AvgIpc) is 3.20. The fourth-order valence-electron chi connectivity index (χ4n) is 3.62. The van der Waals surface area contributed by atoms with Crippen LogP contribution in [0.2, 0.25) is 0 Å². The van der Waals surface area contributed by atoms with E-state index < -0.39 is 0 Å². The largest absolute Gasteiger partial charge is 0.497 e. The Hall–Kier alpha value is -1.59. The van der Waals surface area contributed by atoms with E-state index in [1.54, 1.807) is 7.11 Å². The molecular formula is C21H30N2O2S. The number of thiocarbonyl (C=S) groups is 1. The van der Waals surface area contributed by atoms with Crippen LogP contribution in [-0.2, 0) is 11.3 Å². The van der Waals surface area contributed by atoms with Crippen LogP contribution in [0, 0.1) is 5.92 Å². The smallest absolute Gasteiger partial charge is 0.169 e. The molecule has 0 spiro atoms. The Morgan fingerprint density at radius 3 is 2.77 bits per heavy atom. The Balaban J connectivity index is 1.60. The number of benzene rings is 1. The van der Waals surface area contributed by atoms with Crippen LogP contribution < -0.4 is 10.1 Å². The molecule has 2 atom stereocenters. The van der Waals surface area contributed by atoms with Gasteiger partial charge in [-0.3, -0.25) is 0 Å². The summed E-state index contributed by atoms with van der Waals surface area (Å²) < 4.78 is 11.0. The molecule has 0 saturated carbocycles. The predicted octanol–water partition coefficient (Wildman–Crippen LogP) is 3.91. The van der Waals surface area contributed by atoms with Crippen LogP contribution in [0.3, 0.4) is 0 Å². The van der Waals surface area contributed by atoms with Gasteiger partial charge in [-0.15, -0.1) is 0 Å². The highest BCUT2D eigenvalue weighted by Gasteiger charge is 2.20. The Morgan fingerprint density at radius 2 is 2.12 bits per heavy atom. The summed E-state index contributed by atoms with van der Waals surface area (Å²) in [5, 5.41) is 4.29. The third kappa shape index (κ3) is 5.71. The Kier molecular flexibility index (Phi) is 7.32. The van der Waals surface area contributed by atoms with E-state index in [-0.39, 0.29) is 0 Å². The zero-order chi connectivity index (χ0) is 18.2. The van der Waals surface area contributed by atoms with Gasteiger partial charge in [0.2, 0.25) is 0 Å². The van der Waals surface area contributed by atoms with E-state index in [0.29, 0.717) is 12.0 Å². The Labute approximate surface area is 162 Å². The number of hydrogen-bond donors (Lipinski definition) is 1. The van der Waals surface area contributed by atoms with Crippen molar-refractivity contribution in [2.45, 2.75) is 44.8 Å². The quantitative estimate of drug-likeness (QED) is 0.578. The lowest BCUT2D eigenvalue weighted by Gasteiger charge is -2.31. The van der Waals surface area contributed by atoms with Crippen molar-refractivity contribution < 1.29 is 9.47 Å². The minimum atomic E-state index is 0.299. The van der Waals surface area contributed by atoms with Gasteiger partial charge in [0.15, 0.2) is 5.11 Å². The maximum absolute atomic E-state index is 5.74. The normalized spacial score (nSPS) is 22.2. The molecule has 1 fully saturated rings. The lowest BCUT2D eigenvalue weighted by Crippen LogP contribution is -2.44. The van der Waals surface area contributed by atoms with Crippen molar-refractivity contribution in [2.24, 2.45) is 5.92 Å². The average molecular weight is 375 g/mol. The third-order valence-corrected chi connectivity index (χ3v) is 5.58. The van der Waals surface area contributed by atoms with Gasteiger partial charge in [-0.05, 0) is 67.9 Å². The van der Waals surface area contributed by atoms with Crippen LogP contribution in [0.5, 0.6) is 5.75 Å². The molecule has 5 heteroatoms. The van der Waals surface area contributed by atoms with Crippen molar-refractivity contribution in [3.8, 4) is 5.75 Å². The first-order valence-electron chi connectivity index (χ1n) is 9.67. The van der Waals surface area contributed by atoms with E-state index >= 15 is 0 Å². The molecule has 2 aliphatic rings. The van der Waals surface area contributed by atoms with Crippen LogP contribution >= 0.6 is 12.2 Å². The van der Waals surface area contributed by atoms with Crippen molar-refractivity contribution in [3.05, 3.63) is 42.0 Å². The standard InChI is InChI=1S/C21H30N2O2S/c1-24-19-11-9-18(10-12-19)16-23(15-17-6-3-2-4-7-17)21(26)22-14-20-8-5-13-25-20/h2-3,9-12,17,20H,4-8,13-16H2,1H3,(H,22,26)/t17-,20-/m1/s1. The van der Waals surface area contributed by atoms with Crippen LogP contribution in [-0.4, -0.2) is 42.9 Å². The number of nitrogens with one attached hydrogen (secondary N) is 1. The number of nitrogens with zero attached hydrogens (tertiary/aromatic N) is 1. The van der Waals surface area contributed by atoms with Crippen molar-refractivity contribution in [2.75, 3.05) is 26.8 Å². The molecule has 0 amide bonds. The van der Waals surface area contributed by atoms with Gasteiger partial charge in [-0.25, -0.2) is 0 Å². The van der Waals surface area contributed by atoms with Crippen LogP contribution in [0.25, 0.3) is 0 Å². The summed E-state index contributed by atoms with van der Waals surface area (Å²) in [4.78, 5) is 2.32. The van der Waals surface area contributed by atoms with E-state index in [4.69, 9.17) is 21.7 Å². The van der Waals surface area contributed by atoms with E-state index in [9.17, 15) is 0 Å². The van der Waals surface area contributed by atoms with E-state index in [1.165, 1.54) is 18.4 Å². The summed E-state index contributed by atoms with van der Waals surface area (Å²) in [6, 6.07) is 8.27. The van der Waals surface area contributed by atoms with Crippen LogP contribution in [0.15, 0.2) is 36.4 Å². The number of allylic oxidation sites excluding steroid dienone is 2. The predicted molar refractivity (Wildman–Crippen MR) is 109 cm³/mol. The first-order valence-corrected chi connectivity index (χ1v) is 10.1. The highest BCUT2D eigenvalue weighted by Crippen LogP contribution is 2.21. The van der Waals surface area contributed by atoms with Gasteiger partial charge in [-0.1, -0.05) is 24.3 Å². The van der Waals surface area contributed by atoms with Gasteiger partial charge >= 0.3 is 0 Å². The van der Waals surface area contributed by atoms with Crippen LogP contribution in [0.1, 0.15) is 37.7 Å². The summed E-state index contributed by atoms with van der Waals surface area (Å²) in [6.07, 6.45) is 10.7. The fraction of sp³-hybridized carbons (Fsp3) is 0.571. The van der Waals surface area contributed by atoms with Gasteiger partial charge in [0, 0.05) is 26.2 Å². The van der Waals surface area contributed by atoms with Crippen molar-refractivity contribution in [1.82, 2.24) is 10.2 Å². The SMILES string of the molecule is COc1ccc(CN(C[C@@H]2CC=CCC2)C(=S)NC[C@H]2CCCO2)cc1. The zero-order valence-electron chi connectivity index (χ0n) is 15.7. The molecule has 0 bridgehead atoms. The minimum absolute atomic E-state index is 0.299. The molecule has 26 heavy (non-hydrogen) atoms. The molecule has 4 nitrogen and oxygen atoms in total. The van der Waals surface area contributed by atoms with Crippen molar-refractivity contribution >= 4 is 17.3 Å². The third-order valence-electron chi connectivity index (χ3n) is 5.18. The summed E-state index contributed by atoms with van der Waals surface area (Å²) in [5.74, 6) is 1.55. The van der Waals surface area contributed by atoms with Gasteiger partial charge in [0.1, 0.15) is 5.75 Å². The summed E-state index contributed by atoms with van der Waals surface area (Å²) >= 11 is 5.74. The van der Waals surface area contributed by atoms with E-state index in [1.807, 2.05) is 12.1 Å². The first kappa shape index (κ1) is 19.2. The molecule has 1 aliphatic carbocycles. The van der Waals surface area contributed by atoms with Crippen molar-refractivity contribution in [3.63, 3.8) is 0 Å². The van der Waals surface area contributed by atoms with E-state index in [0.717, 1.165) is 56.4 Å². The highest BCUT2D eigenvalue weighted by molar-refractivity contribution is 7.80. The Bertz CT molecular complexity index is 597. The molecule has 3 rings (SSSR count). The van der Waals surface area contributed by atoms with Gasteiger partial charge in [0.05, 0.1) is 13.2 Å². The van der Waals surface area contributed by atoms with E-state index in [2.05, 4.69) is 34.5 Å². The maximum Gasteiger partial charge on any atom is 0.169 e. The van der Waals surface area contributed by atoms with Gasteiger partial charge in [-0.2, -0.15) is 0 Å². The monoisotopic (exact) mass is 374 g/mol. The second kappa shape index (κ2) is 9.93. The molecule has 0 radical (unpaired) electrons. The molecule has 1 N–H and O–H groups in total. The van der Waals surface area contributed by atoms with Gasteiger partial charge < -0.3 is 19.7 Å². The minimum Gasteiger partial charge on any atom is -0.497 e. The number of ether oxygens (including phenoxy) is 2. The zero-order valence-corrected chi connectivity index (χ0v) is 16.5. The number of rotatable bonds is 7. The second-order valence-electron chi connectivity index (χ2n) is 7.20. The maximum atomic E-state index is 5.74. The molecular weight excluding hydrogens is 344 g/mol. The number of methoxy groups -OCH3 is 1. The Morgan fingerprint density at radius 1 is 1.27 bits per heavy atom. The van der Waals surface area contributed by atoms with Gasteiger partial charge in [0.25, 0.3) is 0 Å².